The van der Waals surface area contributed by atoms with Gasteiger partial charge in [0.1, 0.15) is 5.75 Å². The Labute approximate surface area is 154 Å². The van der Waals surface area contributed by atoms with Crippen LogP contribution in [-0.4, -0.2) is 16.7 Å². The Morgan fingerprint density at radius 1 is 1.00 bits per heavy atom. The standard InChI is InChI=1S/C21H17F3N2O/c1-13-20-18(9-10-25-13)17-8-7-16(27-2)11-19(17)26(20)12-14-3-5-15(6-4-14)21(22,23)24/h3-11H,12H2,1-2H3. The van der Waals surface area contributed by atoms with E-state index >= 15 is 0 Å². The van der Waals surface area contributed by atoms with Gasteiger partial charge >= 0.3 is 6.18 Å². The predicted octanol–water partition coefficient (Wildman–Crippen LogP) is 5.57. The van der Waals surface area contributed by atoms with Crippen molar-refractivity contribution in [2.24, 2.45) is 0 Å². The summed E-state index contributed by atoms with van der Waals surface area (Å²) in [5.41, 5.74) is 2.94. The van der Waals surface area contributed by atoms with E-state index in [0.29, 0.717) is 6.54 Å². The molecule has 0 radical (unpaired) electrons. The molecule has 138 valence electrons. The molecular weight excluding hydrogens is 353 g/mol. The van der Waals surface area contributed by atoms with E-state index in [9.17, 15) is 13.2 Å². The Morgan fingerprint density at radius 2 is 1.74 bits per heavy atom. The van der Waals surface area contributed by atoms with E-state index in [0.717, 1.165) is 50.9 Å². The molecule has 2 aromatic carbocycles. The highest BCUT2D eigenvalue weighted by molar-refractivity contribution is 6.09. The monoisotopic (exact) mass is 370 g/mol. The first kappa shape index (κ1) is 17.4. The molecule has 2 heterocycles. The summed E-state index contributed by atoms with van der Waals surface area (Å²) >= 11 is 0. The molecule has 0 saturated heterocycles. The SMILES string of the molecule is COc1ccc2c3ccnc(C)c3n(Cc3ccc(C(F)(F)F)cc3)c2c1. The molecule has 0 unspecified atom stereocenters. The molecule has 6 heteroatoms. The van der Waals surface area contributed by atoms with Crippen LogP contribution >= 0.6 is 0 Å². The number of nitrogens with zero attached hydrogens (tertiary/aromatic N) is 2. The zero-order valence-electron chi connectivity index (χ0n) is 14.8. The third-order valence-corrected chi connectivity index (χ3v) is 4.78. The van der Waals surface area contributed by atoms with Crippen LogP contribution in [0.3, 0.4) is 0 Å². The Morgan fingerprint density at radius 3 is 2.41 bits per heavy atom. The first-order valence-corrected chi connectivity index (χ1v) is 8.46. The number of methoxy groups -OCH3 is 1. The maximum absolute atomic E-state index is 12.8. The van der Waals surface area contributed by atoms with Crippen LogP contribution in [0.2, 0.25) is 0 Å². The quantitative estimate of drug-likeness (QED) is 0.471. The smallest absolute Gasteiger partial charge is 0.416 e. The van der Waals surface area contributed by atoms with E-state index in [1.165, 1.54) is 12.1 Å². The van der Waals surface area contributed by atoms with E-state index in [-0.39, 0.29) is 0 Å². The van der Waals surface area contributed by atoms with Crippen LogP contribution in [-0.2, 0) is 12.7 Å². The van der Waals surface area contributed by atoms with Gasteiger partial charge in [0, 0.05) is 29.6 Å². The minimum absolute atomic E-state index is 0.442. The van der Waals surface area contributed by atoms with Gasteiger partial charge in [0.05, 0.1) is 29.4 Å². The average Bonchev–Trinajstić information content (AvgIpc) is 2.96. The van der Waals surface area contributed by atoms with Crippen molar-refractivity contribution < 1.29 is 17.9 Å². The van der Waals surface area contributed by atoms with Crippen molar-refractivity contribution in [2.75, 3.05) is 7.11 Å². The highest BCUT2D eigenvalue weighted by Crippen LogP contribution is 2.34. The number of hydrogen-bond acceptors (Lipinski definition) is 2. The lowest BCUT2D eigenvalue weighted by Gasteiger charge is -2.11. The summed E-state index contributed by atoms with van der Waals surface area (Å²) in [5, 5.41) is 2.12. The zero-order valence-corrected chi connectivity index (χ0v) is 14.8. The molecule has 2 aromatic heterocycles. The van der Waals surface area contributed by atoms with Gasteiger partial charge in [-0.15, -0.1) is 0 Å². The number of benzene rings is 2. The molecule has 0 atom stereocenters. The fourth-order valence-electron chi connectivity index (χ4n) is 3.47. The molecule has 0 N–H and O–H groups in total. The van der Waals surface area contributed by atoms with Crippen LogP contribution in [0.5, 0.6) is 5.75 Å². The minimum Gasteiger partial charge on any atom is -0.497 e. The Hall–Kier alpha value is -3.02. The second-order valence-corrected chi connectivity index (χ2v) is 6.46. The molecule has 0 spiro atoms. The van der Waals surface area contributed by atoms with Crippen molar-refractivity contribution in [3.05, 3.63) is 71.5 Å². The molecule has 3 nitrogen and oxygen atoms in total. The summed E-state index contributed by atoms with van der Waals surface area (Å²) in [7, 11) is 1.61. The second kappa shape index (κ2) is 6.30. The lowest BCUT2D eigenvalue weighted by Crippen LogP contribution is -2.06. The van der Waals surface area contributed by atoms with Gasteiger partial charge in [0.2, 0.25) is 0 Å². The van der Waals surface area contributed by atoms with Gasteiger partial charge in [-0.3, -0.25) is 4.98 Å². The van der Waals surface area contributed by atoms with E-state index in [4.69, 9.17) is 4.74 Å². The third kappa shape index (κ3) is 3.01. The molecule has 4 rings (SSSR count). The summed E-state index contributed by atoms with van der Waals surface area (Å²) in [6.07, 6.45) is -2.57. The number of aromatic nitrogens is 2. The Bertz CT molecular complexity index is 1130. The fourth-order valence-corrected chi connectivity index (χ4v) is 3.47. The number of ether oxygens (including phenoxy) is 1. The van der Waals surface area contributed by atoms with Gasteiger partial charge in [-0.05, 0) is 42.8 Å². The van der Waals surface area contributed by atoms with Crippen LogP contribution in [0.25, 0.3) is 21.8 Å². The maximum Gasteiger partial charge on any atom is 0.416 e. The van der Waals surface area contributed by atoms with E-state index in [1.807, 2.05) is 31.2 Å². The Balaban J connectivity index is 1.88. The lowest BCUT2D eigenvalue weighted by molar-refractivity contribution is -0.137. The molecule has 0 fully saturated rings. The number of alkyl halides is 3. The largest absolute Gasteiger partial charge is 0.497 e. The number of hydrogen-bond donors (Lipinski definition) is 0. The number of aryl methyl sites for hydroxylation is 1. The van der Waals surface area contributed by atoms with Crippen molar-refractivity contribution in [1.82, 2.24) is 9.55 Å². The van der Waals surface area contributed by atoms with E-state index in [1.54, 1.807) is 13.3 Å². The highest BCUT2D eigenvalue weighted by Gasteiger charge is 2.30. The first-order valence-electron chi connectivity index (χ1n) is 8.46. The average molecular weight is 370 g/mol. The highest BCUT2D eigenvalue weighted by atomic mass is 19.4. The van der Waals surface area contributed by atoms with Crippen LogP contribution in [0, 0.1) is 6.92 Å². The summed E-state index contributed by atoms with van der Waals surface area (Å²) < 4.78 is 45.9. The lowest BCUT2D eigenvalue weighted by atomic mass is 10.1. The summed E-state index contributed by atoms with van der Waals surface area (Å²) in [4.78, 5) is 4.39. The molecule has 0 aliphatic rings. The fraction of sp³-hybridized carbons (Fsp3) is 0.190. The van der Waals surface area contributed by atoms with Crippen molar-refractivity contribution in [1.29, 1.82) is 0 Å². The second-order valence-electron chi connectivity index (χ2n) is 6.46. The molecule has 27 heavy (non-hydrogen) atoms. The van der Waals surface area contributed by atoms with Gasteiger partial charge in [-0.25, -0.2) is 0 Å². The van der Waals surface area contributed by atoms with Crippen LogP contribution in [0.15, 0.2) is 54.7 Å². The molecule has 0 saturated carbocycles. The number of pyridine rings is 1. The van der Waals surface area contributed by atoms with Gasteiger partial charge in [0.25, 0.3) is 0 Å². The summed E-state index contributed by atoms with van der Waals surface area (Å²) in [6.45, 7) is 2.37. The molecular formula is C21H17F3N2O. The minimum atomic E-state index is -4.33. The normalized spacial score (nSPS) is 12.0. The van der Waals surface area contributed by atoms with Crippen molar-refractivity contribution >= 4 is 21.8 Å². The van der Waals surface area contributed by atoms with Gasteiger partial charge in [-0.1, -0.05) is 12.1 Å². The van der Waals surface area contributed by atoms with Gasteiger partial charge in [-0.2, -0.15) is 13.2 Å². The molecule has 0 aliphatic heterocycles. The third-order valence-electron chi connectivity index (χ3n) is 4.78. The van der Waals surface area contributed by atoms with Crippen LogP contribution < -0.4 is 4.74 Å². The predicted molar refractivity (Wildman–Crippen MR) is 99.1 cm³/mol. The molecule has 4 aromatic rings. The van der Waals surface area contributed by atoms with Gasteiger partial charge < -0.3 is 9.30 Å². The van der Waals surface area contributed by atoms with Crippen molar-refractivity contribution in [3.8, 4) is 5.75 Å². The number of halogens is 3. The maximum atomic E-state index is 12.8. The van der Waals surface area contributed by atoms with E-state index < -0.39 is 11.7 Å². The van der Waals surface area contributed by atoms with Crippen molar-refractivity contribution in [3.63, 3.8) is 0 Å². The van der Waals surface area contributed by atoms with E-state index in [2.05, 4.69) is 9.55 Å². The van der Waals surface area contributed by atoms with Crippen LogP contribution in [0.4, 0.5) is 13.2 Å². The molecule has 0 amide bonds. The summed E-state index contributed by atoms with van der Waals surface area (Å²) in [5.74, 6) is 0.726. The summed E-state index contributed by atoms with van der Waals surface area (Å²) in [6, 6.07) is 13.1. The molecule has 0 aliphatic carbocycles. The first-order chi connectivity index (χ1) is 12.9. The topological polar surface area (TPSA) is 27.1 Å². The molecule has 0 bridgehead atoms. The van der Waals surface area contributed by atoms with Gasteiger partial charge in [0.15, 0.2) is 0 Å². The number of rotatable bonds is 3. The van der Waals surface area contributed by atoms with Crippen LogP contribution in [0.1, 0.15) is 16.8 Å². The number of fused-ring (bicyclic) bond motifs is 3. The zero-order chi connectivity index (χ0) is 19.2. The van der Waals surface area contributed by atoms with Crippen molar-refractivity contribution in [2.45, 2.75) is 19.6 Å². The Kier molecular flexibility index (Phi) is 4.06.